The Morgan fingerprint density at radius 2 is 1.45 bits per heavy atom. The van der Waals surface area contributed by atoms with Gasteiger partial charge in [0.15, 0.2) is 0 Å². The fourth-order valence-corrected chi connectivity index (χ4v) is 3.22. The Kier molecular flexibility index (Phi) is 4.39. The number of ether oxygens (including phenoxy) is 1. The van der Waals surface area contributed by atoms with Crippen molar-refractivity contribution in [2.24, 2.45) is 0 Å². The third-order valence-corrected chi connectivity index (χ3v) is 4.34. The minimum Gasteiger partial charge on any atom is -0.377 e. The maximum absolute atomic E-state index is 6.35. The Hall–Kier alpha value is -1.31. The summed E-state index contributed by atoms with van der Waals surface area (Å²) in [6, 6.07) is 21.2. The van der Waals surface area contributed by atoms with Gasteiger partial charge in [0.2, 0.25) is 0 Å². The average molecular weight is 287 g/mol. The highest BCUT2D eigenvalue weighted by atomic mass is 35.5. The summed E-state index contributed by atoms with van der Waals surface area (Å²) in [5.41, 5.74) is 2.60. The van der Waals surface area contributed by atoms with Crippen LogP contribution < -0.4 is 0 Å². The van der Waals surface area contributed by atoms with Crippen molar-refractivity contribution < 1.29 is 4.74 Å². The lowest BCUT2D eigenvalue weighted by Crippen LogP contribution is -2.32. The van der Waals surface area contributed by atoms with E-state index in [1.807, 2.05) is 0 Å². The van der Waals surface area contributed by atoms with Crippen LogP contribution in [0.25, 0.3) is 0 Å². The molecule has 0 saturated carbocycles. The Labute approximate surface area is 125 Å². The van der Waals surface area contributed by atoms with Gasteiger partial charge in [-0.15, -0.1) is 11.6 Å². The summed E-state index contributed by atoms with van der Waals surface area (Å²) in [7, 11) is 0. The molecule has 1 aliphatic heterocycles. The van der Waals surface area contributed by atoms with E-state index < -0.39 is 0 Å². The standard InChI is InChI=1S/C18H19ClO/c19-16-11-12-20-17(13-16)18(14-7-3-1-4-8-14)15-9-5-2-6-10-15/h1-10,16-18H,11-13H2/t16-,17+/m1/s1. The second-order valence-corrected chi connectivity index (χ2v) is 5.95. The van der Waals surface area contributed by atoms with Crippen molar-refractivity contribution >= 4 is 11.6 Å². The molecule has 1 nitrogen and oxygen atoms in total. The first kappa shape index (κ1) is 13.7. The number of hydrogen-bond donors (Lipinski definition) is 0. The Morgan fingerprint density at radius 1 is 0.900 bits per heavy atom. The Bertz CT molecular complexity index is 486. The zero-order chi connectivity index (χ0) is 13.8. The highest BCUT2D eigenvalue weighted by Gasteiger charge is 2.30. The summed E-state index contributed by atoms with van der Waals surface area (Å²) >= 11 is 6.35. The molecule has 0 spiro atoms. The van der Waals surface area contributed by atoms with Crippen LogP contribution in [0, 0.1) is 0 Å². The van der Waals surface area contributed by atoms with E-state index in [9.17, 15) is 0 Å². The summed E-state index contributed by atoms with van der Waals surface area (Å²) in [6.07, 6.45) is 2.03. The number of rotatable bonds is 3. The van der Waals surface area contributed by atoms with Gasteiger partial charge in [0.05, 0.1) is 6.10 Å². The molecule has 0 unspecified atom stereocenters. The Morgan fingerprint density at radius 3 is 1.95 bits per heavy atom. The summed E-state index contributed by atoms with van der Waals surface area (Å²) < 4.78 is 6.03. The summed E-state index contributed by atoms with van der Waals surface area (Å²) in [6.45, 7) is 0.759. The van der Waals surface area contributed by atoms with Crippen molar-refractivity contribution in [3.63, 3.8) is 0 Å². The summed E-state index contributed by atoms with van der Waals surface area (Å²) in [5.74, 6) is 0.263. The van der Waals surface area contributed by atoms with Crippen LogP contribution in [0.5, 0.6) is 0 Å². The van der Waals surface area contributed by atoms with E-state index in [1.54, 1.807) is 0 Å². The maximum atomic E-state index is 6.35. The van der Waals surface area contributed by atoms with Gasteiger partial charge in [0.1, 0.15) is 0 Å². The van der Waals surface area contributed by atoms with E-state index in [0.717, 1.165) is 19.4 Å². The molecule has 104 valence electrons. The van der Waals surface area contributed by atoms with Crippen LogP contribution in [-0.2, 0) is 4.74 Å². The lowest BCUT2D eigenvalue weighted by Gasteiger charge is -2.33. The molecule has 0 aromatic heterocycles. The molecule has 3 rings (SSSR count). The highest BCUT2D eigenvalue weighted by molar-refractivity contribution is 6.20. The fraction of sp³-hybridized carbons (Fsp3) is 0.333. The number of alkyl halides is 1. The average Bonchev–Trinajstić information content (AvgIpc) is 2.50. The van der Waals surface area contributed by atoms with Crippen LogP contribution in [0.2, 0.25) is 0 Å². The van der Waals surface area contributed by atoms with Crippen molar-refractivity contribution in [2.45, 2.75) is 30.2 Å². The third kappa shape index (κ3) is 3.05. The van der Waals surface area contributed by atoms with Gasteiger partial charge in [0, 0.05) is 17.9 Å². The summed E-state index contributed by atoms with van der Waals surface area (Å²) in [4.78, 5) is 0. The molecule has 0 bridgehead atoms. The van der Waals surface area contributed by atoms with Gasteiger partial charge >= 0.3 is 0 Å². The normalized spacial score (nSPS) is 22.9. The van der Waals surface area contributed by atoms with E-state index in [1.165, 1.54) is 11.1 Å². The van der Waals surface area contributed by atoms with E-state index in [2.05, 4.69) is 60.7 Å². The molecule has 2 aromatic carbocycles. The number of halogens is 1. The number of benzene rings is 2. The smallest absolute Gasteiger partial charge is 0.0698 e. The van der Waals surface area contributed by atoms with Gasteiger partial charge in [-0.05, 0) is 24.0 Å². The van der Waals surface area contributed by atoms with Crippen molar-refractivity contribution in [3.8, 4) is 0 Å². The van der Waals surface area contributed by atoms with Crippen LogP contribution in [0.3, 0.4) is 0 Å². The molecule has 1 fully saturated rings. The van der Waals surface area contributed by atoms with Gasteiger partial charge in [-0.25, -0.2) is 0 Å². The minimum absolute atomic E-state index is 0.163. The molecule has 2 aromatic rings. The molecule has 1 aliphatic rings. The molecule has 2 heteroatoms. The van der Waals surface area contributed by atoms with Gasteiger partial charge in [-0.3, -0.25) is 0 Å². The SMILES string of the molecule is Cl[C@@H]1CCO[C@H](C(c2ccccc2)c2ccccc2)C1. The summed E-state index contributed by atoms with van der Waals surface area (Å²) in [5, 5.41) is 0.226. The Balaban J connectivity index is 1.95. The predicted octanol–water partition coefficient (Wildman–Crippen LogP) is 4.60. The topological polar surface area (TPSA) is 9.23 Å². The monoisotopic (exact) mass is 286 g/mol. The van der Waals surface area contributed by atoms with Crippen molar-refractivity contribution in [1.82, 2.24) is 0 Å². The van der Waals surface area contributed by atoms with Crippen LogP contribution in [-0.4, -0.2) is 18.1 Å². The second-order valence-electron chi connectivity index (χ2n) is 5.33. The van der Waals surface area contributed by atoms with Gasteiger partial charge in [-0.1, -0.05) is 60.7 Å². The van der Waals surface area contributed by atoms with Gasteiger partial charge in [0.25, 0.3) is 0 Å². The predicted molar refractivity (Wildman–Crippen MR) is 83.3 cm³/mol. The third-order valence-electron chi connectivity index (χ3n) is 3.94. The second kappa shape index (κ2) is 6.43. The molecule has 1 heterocycles. The van der Waals surface area contributed by atoms with Gasteiger partial charge in [-0.2, -0.15) is 0 Å². The molecule has 0 N–H and O–H groups in total. The zero-order valence-electron chi connectivity index (χ0n) is 11.4. The fourth-order valence-electron chi connectivity index (χ4n) is 2.96. The molecule has 1 saturated heterocycles. The van der Waals surface area contributed by atoms with E-state index >= 15 is 0 Å². The van der Waals surface area contributed by atoms with Gasteiger partial charge < -0.3 is 4.74 Å². The van der Waals surface area contributed by atoms with Crippen molar-refractivity contribution in [2.75, 3.05) is 6.61 Å². The van der Waals surface area contributed by atoms with E-state index in [0.29, 0.717) is 0 Å². The number of hydrogen-bond acceptors (Lipinski definition) is 1. The van der Waals surface area contributed by atoms with E-state index in [-0.39, 0.29) is 17.4 Å². The molecular formula is C18H19ClO. The molecule has 0 radical (unpaired) electrons. The first-order valence-electron chi connectivity index (χ1n) is 7.20. The van der Waals surface area contributed by atoms with Crippen LogP contribution in [0.1, 0.15) is 29.9 Å². The first-order valence-corrected chi connectivity index (χ1v) is 7.64. The van der Waals surface area contributed by atoms with Crippen molar-refractivity contribution in [3.05, 3.63) is 71.8 Å². The molecule has 0 amide bonds. The quantitative estimate of drug-likeness (QED) is 0.749. The highest BCUT2D eigenvalue weighted by Crippen LogP contribution is 2.35. The largest absolute Gasteiger partial charge is 0.377 e. The van der Waals surface area contributed by atoms with E-state index in [4.69, 9.17) is 16.3 Å². The first-order chi connectivity index (χ1) is 9.84. The lowest BCUT2D eigenvalue weighted by molar-refractivity contribution is 0.00821. The molecule has 20 heavy (non-hydrogen) atoms. The molecule has 2 atom stereocenters. The van der Waals surface area contributed by atoms with Crippen LogP contribution in [0.15, 0.2) is 60.7 Å². The van der Waals surface area contributed by atoms with Crippen molar-refractivity contribution in [1.29, 1.82) is 0 Å². The van der Waals surface area contributed by atoms with Crippen LogP contribution >= 0.6 is 11.6 Å². The van der Waals surface area contributed by atoms with Crippen LogP contribution in [0.4, 0.5) is 0 Å². The maximum Gasteiger partial charge on any atom is 0.0698 e. The zero-order valence-corrected chi connectivity index (χ0v) is 12.2. The molecular weight excluding hydrogens is 268 g/mol. The molecule has 0 aliphatic carbocycles. The minimum atomic E-state index is 0.163. The lowest BCUT2D eigenvalue weighted by atomic mass is 9.83.